The Kier molecular flexibility index (Phi) is 7.39. The first-order chi connectivity index (χ1) is 19.6. The molecule has 9 nitrogen and oxygen atoms in total. The first-order valence-corrected chi connectivity index (χ1v) is 14.6. The lowest BCUT2D eigenvalue weighted by molar-refractivity contribution is -0.263. The number of fused-ring (bicyclic) bond motifs is 1. The number of hydrogen-bond acceptors (Lipinski definition) is 8. The number of halogens is 4. The van der Waals surface area contributed by atoms with Crippen LogP contribution in [0.25, 0.3) is 22.3 Å². The molecule has 1 aliphatic heterocycles. The van der Waals surface area contributed by atoms with Gasteiger partial charge in [0.05, 0.1) is 40.6 Å². The molecule has 1 amide bonds. The van der Waals surface area contributed by atoms with E-state index in [0.29, 0.717) is 28.0 Å². The molecule has 2 atom stereocenters. The highest BCUT2D eigenvalue weighted by Crippen LogP contribution is 2.42. The van der Waals surface area contributed by atoms with Crippen molar-refractivity contribution in [3.63, 3.8) is 0 Å². The third-order valence-electron chi connectivity index (χ3n) is 7.18. The summed E-state index contributed by atoms with van der Waals surface area (Å²) < 4.78 is 78.0. The topological polar surface area (TPSA) is 125 Å². The first kappa shape index (κ1) is 29.3. The molecule has 0 bridgehead atoms. The molecule has 5 rings (SSSR count). The number of anilines is 1. The number of nitrogens with zero attached hydrogens (tertiary/aromatic N) is 4. The average Bonchev–Trinajstić information content (AvgIpc) is 3.26. The maximum Gasteiger partial charge on any atom is 0.419 e. The minimum atomic E-state index is -4.78. The van der Waals surface area contributed by atoms with Crippen LogP contribution in [0.15, 0.2) is 65.7 Å². The van der Waals surface area contributed by atoms with Crippen LogP contribution in [0, 0.1) is 11.7 Å². The molecule has 0 spiro atoms. The number of β-amino-alcohol motifs (C(OH)–C–C–N with tert-alkyl or cyclic N) is 1. The summed E-state index contributed by atoms with van der Waals surface area (Å²) >= 11 is 0. The molecule has 1 aromatic carbocycles. The number of carbonyl (C=O) groups is 1. The van der Waals surface area contributed by atoms with E-state index in [1.54, 1.807) is 42.6 Å². The SMILES string of the molecule is C[C@H]1CN(c2cccc(-c3ccc4cnc(CNC(=O)c5cc(F)cc(S(C)(=O)=O)c5)cc4n3)n2)C[C@@]1(O)C(F)(F)F. The maximum atomic E-state index is 13.9. The lowest BCUT2D eigenvalue weighted by atomic mass is 9.92. The summed E-state index contributed by atoms with van der Waals surface area (Å²) in [6, 6.07) is 12.8. The fraction of sp³-hybridized carbons (Fsp3) is 0.286. The van der Waals surface area contributed by atoms with Crippen molar-refractivity contribution in [2.75, 3.05) is 24.2 Å². The van der Waals surface area contributed by atoms with Gasteiger partial charge < -0.3 is 15.3 Å². The van der Waals surface area contributed by atoms with Gasteiger partial charge in [0.1, 0.15) is 11.6 Å². The Bertz CT molecular complexity index is 1800. The maximum absolute atomic E-state index is 13.9. The number of pyridine rings is 3. The van der Waals surface area contributed by atoms with Crippen LogP contribution < -0.4 is 10.2 Å². The van der Waals surface area contributed by atoms with Crippen LogP contribution in [0.5, 0.6) is 0 Å². The summed E-state index contributed by atoms with van der Waals surface area (Å²) in [4.78, 5) is 27.1. The van der Waals surface area contributed by atoms with Crippen molar-refractivity contribution in [3.05, 3.63) is 77.9 Å². The summed E-state index contributed by atoms with van der Waals surface area (Å²) in [5, 5.41) is 13.5. The van der Waals surface area contributed by atoms with Gasteiger partial charge in [-0.2, -0.15) is 13.2 Å². The average molecular weight is 604 g/mol. The number of aromatic nitrogens is 3. The second-order valence-electron chi connectivity index (χ2n) is 10.3. The highest BCUT2D eigenvalue weighted by molar-refractivity contribution is 7.90. The highest BCUT2D eigenvalue weighted by atomic mass is 32.2. The largest absolute Gasteiger partial charge is 0.419 e. The summed E-state index contributed by atoms with van der Waals surface area (Å²) in [6.45, 7) is 0.629. The van der Waals surface area contributed by atoms with Crippen molar-refractivity contribution >= 4 is 32.5 Å². The molecular weight excluding hydrogens is 578 g/mol. The van der Waals surface area contributed by atoms with Crippen LogP contribution >= 0.6 is 0 Å². The smallest absolute Gasteiger partial charge is 0.379 e. The van der Waals surface area contributed by atoms with Gasteiger partial charge in [-0.05, 0) is 48.5 Å². The van der Waals surface area contributed by atoms with Gasteiger partial charge in [-0.15, -0.1) is 0 Å². The van der Waals surface area contributed by atoms with Crippen LogP contribution in [-0.4, -0.2) is 65.5 Å². The third-order valence-corrected chi connectivity index (χ3v) is 8.27. The Morgan fingerprint density at radius 3 is 2.55 bits per heavy atom. The standard InChI is InChI=1S/C28H25F4N5O4S/c1-16-14-37(15-27(16,39)28(30,31)32)25-5-3-4-22(36-25)23-7-6-17-12-33-20(11-24(17)35-23)13-34-26(38)18-8-19(29)10-21(9-18)42(2,40)41/h3-12,16,39H,13-15H2,1-2H3,(H,34,38)/t16-,27-/m0/s1. The van der Waals surface area contributed by atoms with Crippen LogP contribution in [-0.2, 0) is 16.4 Å². The van der Waals surface area contributed by atoms with E-state index in [1.165, 1.54) is 11.8 Å². The second-order valence-corrected chi connectivity index (χ2v) is 12.3. The van der Waals surface area contributed by atoms with Gasteiger partial charge in [0.15, 0.2) is 15.4 Å². The van der Waals surface area contributed by atoms with E-state index in [0.717, 1.165) is 24.5 Å². The van der Waals surface area contributed by atoms with Crippen molar-refractivity contribution in [3.8, 4) is 11.4 Å². The molecule has 4 heterocycles. The number of rotatable bonds is 6. The van der Waals surface area contributed by atoms with E-state index in [1.807, 2.05) is 0 Å². The normalized spacial score (nSPS) is 19.3. The molecule has 42 heavy (non-hydrogen) atoms. The first-order valence-electron chi connectivity index (χ1n) is 12.7. The fourth-order valence-corrected chi connectivity index (χ4v) is 5.42. The molecule has 0 aliphatic carbocycles. The van der Waals surface area contributed by atoms with E-state index in [9.17, 15) is 35.9 Å². The Labute approximate surface area is 238 Å². The molecule has 220 valence electrons. The lowest BCUT2D eigenvalue weighted by Crippen LogP contribution is -2.51. The van der Waals surface area contributed by atoms with Gasteiger partial charge in [-0.1, -0.05) is 13.0 Å². The van der Waals surface area contributed by atoms with Crippen LogP contribution in [0.4, 0.5) is 23.4 Å². The molecule has 4 aromatic rings. The number of sulfone groups is 1. The number of carbonyl (C=O) groups excluding carboxylic acids is 1. The fourth-order valence-electron chi connectivity index (χ4n) is 4.76. The minimum absolute atomic E-state index is 0.0243. The number of nitrogens with one attached hydrogen (secondary N) is 1. The van der Waals surface area contributed by atoms with E-state index in [-0.39, 0.29) is 29.4 Å². The van der Waals surface area contributed by atoms with E-state index in [4.69, 9.17) is 0 Å². The Morgan fingerprint density at radius 2 is 1.86 bits per heavy atom. The summed E-state index contributed by atoms with van der Waals surface area (Å²) in [6.07, 6.45) is -2.32. The quantitative estimate of drug-likeness (QED) is 0.318. The minimum Gasteiger partial charge on any atom is -0.379 e. The van der Waals surface area contributed by atoms with Gasteiger partial charge in [0.2, 0.25) is 0 Å². The molecule has 0 unspecified atom stereocenters. The van der Waals surface area contributed by atoms with Crippen molar-refractivity contribution in [1.82, 2.24) is 20.3 Å². The predicted octanol–water partition coefficient (Wildman–Crippen LogP) is 3.91. The summed E-state index contributed by atoms with van der Waals surface area (Å²) in [7, 11) is -3.73. The zero-order valence-corrected chi connectivity index (χ0v) is 23.2. The molecule has 2 N–H and O–H groups in total. The Hall–Kier alpha value is -4.17. The van der Waals surface area contributed by atoms with Crippen LogP contribution in [0.3, 0.4) is 0 Å². The van der Waals surface area contributed by atoms with Crippen LogP contribution in [0.1, 0.15) is 23.0 Å². The summed E-state index contributed by atoms with van der Waals surface area (Å²) in [5.74, 6) is -2.33. The van der Waals surface area contributed by atoms with Gasteiger partial charge in [-0.3, -0.25) is 9.78 Å². The molecular formula is C28H25F4N5O4S. The zero-order valence-electron chi connectivity index (χ0n) is 22.4. The lowest BCUT2D eigenvalue weighted by Gasteiger charge is -2.29. The molecule has 1 fully saturated rings. The van der Waals surface area contributed by atoms with Crippen LogP contribution in [0.2, 0.25) is 0 Å². The second kappa shape index (κ2) is 10.6. The van der Waals surface area contributed by atoms with Crippen molar-refractivity contribution in [1.29, 1.82) is 0 Å². The van der Waals surface area contributed by atoms with Crippen molar-refractivity contribution in [2.45, 2.75) is 30.1 Å². The van der Waals surface area contributed by atoms with Gasteiger partial charge in [-0.25, -0.2) is 22.8 Å². The Morgan fingerprint density at radius 1 is 1.12 bits per heavy atom. The number of hydrogen-bond donors (Lipinski definition) is 2. The van der Waals surface area contributed by atoms with Gasteiger partial charge in [0, 0.05) is 35.9 Å². The number of alkyl halides is 3. The Balaban J connectivity index is 1.35. The van der Waals surface area contributed by atoms with Gasteiger partial charge >= 0.3 is 6.18 Å². The number of benzene rings is 1. The van der Waals surface area contributed by atoms with E-state index >= 15 is 0 Å². The molecule has 1 aliphatic rings. The third kappa shape index (κ3) is 5.77. The molecule has 1 saturated heterocycles. The molecule has 0 radical (unpaired) electrons. The molecule has 0 saturated carbocycles. The number of aliphatic hydroxyl groups is 1. The molecule has 14 heteroatoms. The van der Waals surface area contributed by atoms with Gasteiger partial charge in [0.25, 0.3) is 5.91 Å². The summed E-state index contributed by atoms with van der Waals surface area (Å²) in [5.41, 5.74) is -1.23. The van der Waals surface area contributed by atoms with E-state index < -0.39 is 45.8 Å². The van der Waals surface area contributed by atoms with E-state index in [2.05, 4.69) is 20.3 Å². The highest BCUT2D eigenvalue weighted by Gasteiger charge is 2.61. The van der Waals surface area contributed by atoms with Crippen molar-refractivity contribution < 1.29 is 35.9 Å². The molecule has 3 aromatic heterocycles. The zero-order chi connectivity index (χ0) is 30.4. The monoisotopic (exact) mass is 603 g/mol. The number of amides is 1. The predicted molar refractivity (Wildman–Crippen MR) is 146 cm³/mol. The van der Waals surface area contributed by atoms with Crippen molar-refractivity contribution in [2.24, 2.45) is 5.92 Å².